The summed E-state index contributed by atoms with van der Waals surface area (Å²) in [4.78, 5) is 25.9. The molecule has 0 aromatic heterocycles. The first-order chi connectivity index (χ1) is 12.1. The molecule has 1 heterocycles. The molecular weight excluding hydrogens is 316 g/mol. The van der Waals surface area contributed by atoms with Crippen molar-refractivity contribution in [2.45, 2.75) is 38.3 Å². The molecule has 132 valence electrons. The fraction of sp³-hybridized carbons (Fsp3) is 0.400. The predicted octanol–water partition coefficient (Wildman–Crippen LogP) is 2.90. The normalized spacial score (nSPS) is 19.5. The van der Waals surface area contributed by atoms with E-state index in [9.17, 15) is 14.7 Å². The number of benzene rings is 2. The van der Waals surface area contributed by atoms with Gasteiger partial charge in [-0.3, -0.25) is 14.5 Å². The molecule has 3 rings (SSSR count). The zero-order chi connectivity index (χ0) is 17.8. The van der Waals surface area contributed by atoms with Crippen molar-refractivity contribution >= 4 is 22.6 Å². The molecule has 0 spiro atoms. The highest BCUT2D eigenvalue weighted by Gasteiger charge is 2.29. The second-order valence-electron chi connectivity index (χ2n) is 6.63. The van der Waals surface area contributed by atoms with E-state index in [1.54, 1.807) is 0 Å². The Morgan fingerprint density at radius 3 is 2.72 bits per heavy atom. The molecule has 1 fully saturated rings. The van der Waals surface area contributed by atoms with E-state index < -0.39 is 12.0 Å². The summed E-state index contributed by atoms with van der Waals surface area (Å²) in [5.41, 5.74) is 0.640. The van der Waals surface area contributed by atoms with Crippen molar-refractivity contribution in [3.05, 3.63) is 48.0 Å². The van der Waals surface area contributed by atoms with Crippen molar-refractivity contribution in [2.75, 3.05) is 13.1 Å². The van der Waals surface area contributed by atoms with E-state index in [1.165, 1.54) is 0 Å². The lowest BCUT2D eigenvalue weighted by atomic mass is 10.0. The van der Waals surface area contributed by atoms with Gasteiger partial charge in [0.1, 0.15) is 6.04 Å². The fourth-order valence-corrected chi connectivity index (χ4v) is 3.60. The third-order valence-electron chi connectivity index (χ3n) is 4.91. The van der Waals surface area contributed by atoms with E-state index in [4.69, 9.17) is 0 Å². The third-order valence-corrected chi connectivity index (χ3v) is 4.91. The average molecular weight is 340 g/mol. The van der Waals surface area contributed by atoms with Crippen molar-refractivity contribution in [2.24, 2.45) is 0 Å². The lowest BCUT2D eigenvalue weighted by molar-refractivity contribution is -0.144. The maximum absolute atomic E-state index is 12.6. The molecule has 0 radical (unpaired) electrons. The van der Waals surface area contributed by atoms with Gasteiger partial charge in [-0.1, -0.05) is 37.3 Å². The molecule has 2 aromatic rings. The number of piperidine rings is 1. The molecular formula is C20H24N2O3. The molecule has 2 unspecified atom stereocenters. The molecule has 2 atom stereocenters. The minimum Gasteiger partial charge on any atom is -0.480 e. The quantitative estimate of drug-likeness (QED) is 0.878. The van der Waals surface area contributed by atoms with Crippen LogP contribution in [-0.4, -0.2) is 47.1 Å². The van der Waals surface area contributed by atoms with Crippen LogP contribution in [0, 0.1) is 0 Å². The average Bonchev–Trinajstić information content (AvgIpc) is 2.62. The molecule has 1 aliphatic heterocycles. The number of carbonyl (C=O) groups is 2. The van der Waals surface area contributed by atoms with E-state index in [0.717, 1.165) is 30.2 Å². The van der Waals surface area contributed by atoms with Crippen LogP contribution in [0.1, 0.15) is 36.5 Å². The van der Waals surface area contributed by atoms with Crippen molar-refractivity contribution in [3.63, 3.8) is 0 Å². The van der Waals surface area contributed by atoms with Crippen LogP contribution in [0.3, 0.4) is 0 Å². The molecule has 0 aliphatic carbocycles. The number of hydrogen-bond donors (Lipinski definition) is 2. The van der Waals surface area contributed by atoms with E-state index in [2.05, 4.69) is 5.32 Å². The largest absolute Gasteiger partial charge is 0.480 e. The number of carboxylic acids is 1. The summed E-state index contributed by atoms with van der Waals surface area (Å²) in [6.45, 7) is 3.24. The Hall–Kier alpha value is -2.40. The number of amides is 1. The lowest BCUT2D eigenvalue weighted by Crippen LogP contribution is -2.52. The summed E-state index contributed by atoms with van der Waals surface area (Å²) < 4.78 is 0. The van der Waals surface area contributed by atoms with Crippen LogP contribution in [0.4, 0.5) is 0 Å². The number of hydrogen-bond acceptors (Lipinski definition) is 3. The fourth-order valence-electron chi connectivity index (χ4n) is 3.60. The second kappa shape index (κ2) is 7.66. The van der Waals surface area contributed by atoms with Crippen LogP contribution in [0.5, 0.6) is 0 Å². The van der Waals surface area contributed by atoms with Gasteiger partial charge in [0.25, 0.3) is 5.91 Å². The van der Waals surface area contributed by atoms with Gasteiger partial charge >= 0.3 is 5.97 Å². The van der Waals surface area contributed by atoms with Crippen LogP contribution in [-0.2, 0) is 4.79 Å². The zero-order valence-corrected chi connectivity index (χ0v) is 14.4. The molecule has 5 nitrogen and oxygen atoms in total. The lowest BCUT2D eigenvalue weighted by Gasteiger charge is -2.36. The Kier molecular flexibility index (Phi) is 5.34. The third kappa shape index (κ3) is 3.99. The number of aliphatic carboxylic acids is 1. The van der Waals surface area contributed by atoms with Crippen molar-refractivity contribution in [3.8, 4) is 0 Å². The van der Waals surface area contributed by atoms with E-state index >= 15 is 0 Å². The van der Waals surface area contributed by atoms with Gasteiger partial charge in [0, 0.05) is 18.2 Å². The second-order valence-corrected chi connectivity index (χ2v) is 6.63. The van der Waals surface area contributed by atoms with Crippen LogP contribution in [0.2, 0.25) is 0 Å². The minimum atomic E-state index is -0.788. The Bertz CT molecular complexity index is 774. The maximum Gasteiger partial charge on any atom is 0.320 e. The SMILES string of the molecule is CCC(C(=O)O)N1CCCC(NC(=O)c2ccc3ccccc3c2)C1. The topological polar surface area (TPSA) is 69.6 Å². The van der Waals surface area contributed by atoms with Crippen LogP contribution >= 0.6 is 0 Å². The first-order valence-corrected chi connectivity index (χ1v) is 8.85. The number of nitrogens with one attached hydrogen (secondary N) is 1. The van der Waals surface area contributed by atoms with Crippen LogP contribution in [0.25, 0.3) is 10.8 Å². The van der Waals surface area contributed by atoms with Gasteiger partial charge in [0.15, 0.2) is 0 Å². The number of likely N-dealkylation sites (tertiary alicyclic amines) is 1. The van der Waals surface area contributed by atoms with E-state index in [1.807, 2.05) is 54.3 Å². The van der Waals surface area contributed by atoms with E-state index in [0.29, 0.717) is 18.5 Å². The van der Waals surface area contributed by atoms with Gasteiger partial charge in [-0.2, -0.15) is 0 Å². The summed E-state index contributed by atoms with van der Waals surface area (Å²) in [7, 11) is 0. The Labute approximate surface area is 147 Å². The van der Waals surface area contributed by atoms with Crippen molar-refractivity contribution in [1.29, 1.82) is 0 Å². The molecule has 0 bridgehead atoms. The minimum absolute atomic E-state index is 0.0129. The molecule has 1 aliphatic rings. The monoisotopic (exact) mass is 340 g/mol. The number of carboxylic acid groups (broad SMARTS) is 1. The Morgan fingerprint density at radius 1 is 1.24 bits per heavy atom. The molecule has 1 saturated heterocycles. The predicted molar refractivity (Wildman–Crippen MR) is 97.7 cm³/mol. The molecule has 2 N–H and O–H groups in total. The highest BCUT2D eigenvalue weighted by molar-refractivity contribution is 5.98. The van der Waals surface area contributed by atoms with Gasteiger partial charge in [0.2, 0.25) is 0 Å². The molecule has 0 saturated carbocycles. The number of rotatable bonds is 5. The molecule has 2 aromatic carbocycles. The first kappa shape index (κ1) is 17.4. The van der Waals surface area contributed by atoms with Gasteiger partial charge in [-0.15, -0.1) is 0 Å². The van der Waals surface area contributed by atoms with Gasteiger partial charge in [-0.25, -0.2) is 0 Å². The Morgan fingerprint density at radius 2 is 2.00 bits per heavy atom. The number of carbonyl (C=O) groups excluding carboxylic acids is 1. The summed E-state index contributed by atoms with van der Waals surface area (Å²) in [5, 5.41) is 14.6. The van der Waals surface area contributed by atoms with Crippen molar-refractivity contribution in [1.82, 2.24) is 10.2 Å². The van der Waals surface area contributed by atoms with Crippen molar-refractivity contribution < 1.29 is 14.7 Å². The number of nitrogens with zero attached hydrogens (tertiary/aromatic N) is 1. The summed E-state index contributed by atoms with van der Waals surface area (Å²) in [6.07, 6.45) is 2.35. The zero-order valence-electron chi connectivity index (χ0n) is 14.4. The van der Waals surface area contributed by atoms with Gasteiger partial charge < -0.3 is 10.4 Å². The standard InChI is InChI=1S/C20H24N2O3/c1-2-18(20(24)25)22-11-5-8-17(13-22)21-19(23)16-10-9-14-6-3-4-7-15(14)12-16/h3-4,6-7,9-10,12,17-18H,2,5,8,11,13H2,1H3,(H,21,23)(H,24,25). The molecule has 5 heteroatoms. The molecule has 1 amide bonds. The Balaban J connectivity index is 1.68. The number of fused-ring (bicyclic) bond motifs is 1. The van der Waals surface area contributed by atoms with E-state index in [-0.39, 0.29) is 11.9 Å². The highest BCUT2D eigenvalue weighted by atomic mass is 16.4. The van der Waals surface area contributed by atoms with Crippen LogP contribution in [0.15, 0.2) is 42.5 Å². The van der Waals surface area contributed by atoms with Crippen LogP contribution < -0.4 is 5.32 Å². The van der Waals surface area contributed by atoms with Gasteiger partial charge in [-0.05, 0) is 48.7 Å². The maximum atomic E-state index is 12.6. The summed E-state index contributed by atoms with van der Waals surface area (Å²) in [6, 6.07) is 13.2. The summed E-state index contributed by atoms with van der Waals surface area (Å²) in [5.74, 6) is -0.884. The highest BCUT2D eigenvalue weighted by Crippen LogP contribution is 2.18. The smallest absolute Gasteiger partial charge is 0.320 e. The summed E-state index contributed by atoms with van der Waals surface area (Å²) >= 11 is 0. The van der Waals surface area contributed by atoms with Gasteiger partial charge in [0.05, 0.1) is 0 Å². The first-order valence-electron chi connectivity index (χ1n) is 8.85. The molecule has 25 heavy (non-hydrogen) atoms.